The van der Waals surface area contributed by atoms with Crippen molar-refractivity contribution >= 4 is 33.2 Å². The van der Waals surface area contributed by atoms with E-state index in [4.69, 9.17) is 23.2 Å². The van der Waals surface area contributed by atoms with Crippen LogP contribution < -0.4 is 4.72 Å². The minimum atomic E-state index is -3.60. The zero-order chi connectivity index (χ0) is 15.5. The van der Waals surface area contributed by atoms with Gasteiger partial charge in [0, 0.05) is 45.5 Å². The maximum Gasteiger partial charge on any atom is 0.242 e. The van der Waals surface area contributed by atoms with Crippen molar-refractivity contribution in [2.24, 2.45) is 0 Å². The van der Waals surface area contributed by atoms with Crippen LogP contribution in [0.2, 0.25) is 10.2 Å². The number of sulfonamides is 1. The van der Waals surface area contributed by atoms with Gasteiger partial charge in [0.05, 0.1) is 5.02 Å². The number of nitrogens with one attached hydrogen (secondary N) is 1. The predicted octanol–water partition coefficient (Wildman–Crippen LogP) is 0.914. The zero-order valence-corrected chi connectivity index (χ0v) is 14.0. The fourth-order valence-electron chi connectivity index (χ4n) is 2.04. The fraction of sp³-hybridized carbons (Fsp3) is 0.583. The highest BCUT2D eigenvalue weighted by atomic mass is 35.5. The van der Waals surface area contributed by atoms with Crippen LogP contribution in [0.5, 0.6) is 0 Å². The first-order chi connectivity index (χ1) is 9.88. The summed E-state index contributed by atoms with van der Waals surface area (Å²) in [5.74, 6) is 0. The molecule has 1 aromatic heterocycles. The van der Waals surface area contributed by atoms with Crippen molar-refractivity contribution in [3.8, 4) is 0 Å². The van der Waals surface area contributed by atoms with Gasteiger partial charge in [0.25, 0.3) is 0 Å². The molecule has 21 heavy (non-hydrogen) atoms. The van der Waals surface area contributed by atoms with E-state index in [0.29, 0.717) is 13.1 Å². The first-order valence-electron chi connectivity index (χ1n) is 6.60. The molecule has 0 unspecified atom stereocenters. The van der Waals surface area contributed by atoms with Gasteiger partial charge in [-0.2, -0.15) is 0 Å². The van der Waals surface area contributed by atoms with E-state index >= 15 is 0 Å². The summed E-state index contributed by atoms with van der Waals surface area (Å²) in [6, 6.07) is 1.30. The lowest BCUT2D eigenvalue weighted by molar-refractivity contribution is 0.156. The van der Waals surface area contributed by atoms with Crippen LogP contribution in [0.3, 0.4) is 0 Å². The molecule has 0 saturated carbocycles. The molecule has 1 N–H and O–H groups in total. The molecule has 0 aliphatic carbocycles. The van der Waals surface area contributed by atoms with E-state index in [9.17, 15) is 8.42 Å². The summed E-state index contributed by atoms with van der Waals surface area (Å²) in [6.45, 7) is 4.94. The molecule has 1 aliphatic rings. The van der Waals surface area contributed by atoms with Gasteiger partial charge >= 0.3 is 0 Å². The third-order valence-corrected chi connectivity index (χ3v) is 5.51. The maximum absolute atomic E-state index is 12.1. The lowest BCUT2D eigenvalue weighted by atomic mass is 10.3. The van der Waals surface area contributed by atoms with Gasteiger partial charge in [0.1, 0.15) is 10.0 Å². The van der Waals surface area contributed by atoms with Crippen LogP contribution in [-0.4, -0.2) is 69.5 Å². The van der Waals surface area contributed by atoms with Crippen molar-refractivity contribution in [3.63, 3.8) is 0 Å². The molecule has 1 aromatic rings. The molecule has 1 aliphatic heterocycles. The molecule has 1 fully saturated rings. The highest BCUT2D eigenvalue weighted by Crippen LogP contribution is 2.21. The van der Waals surface area contributed by atoms with Gasteiger partial charge in [-0.1, -0.05) is 23.2 Å². The Balaban J connectivity index is 1.88. The Bertz CT molecular complexity index is 589. The van der Waals surface area contributed by atoms with Crippen molar-refractivity contribution in [1.29, 1.82) is 0 Å². The molecule has 2 heterocycles. The Morgan fingerprint density at radius 2 is 1.95 bits per heavy atom. The summed E-state index contributed by atoms with van der Waals surface area (Å²) in [7, 11) is -1.52. The molecule has 0 amide bonds. The number of piperazine rings is 1. The van der Waals surface area contributed by atoms with Gasteiger partial charge in [-0.15, -0.1) is 0 Å². The van der Waals surface area contributed by atoms with Gasteiger partial charge in [-0.3, -0.25) is 4.90 Å². The summed E-state index contributed by atoms with van der Waals surface area (Å²) in [6.07, 6.45) is 1.20. The Morgan fingerprint density at radius 1 is 1.29 bits per heavy atom. The van der Waals surface area contributed by atoms with Crippen molar-refractivity contribution in [3.05, 3.63) is 22.4 Å². The molecule has 0 bridgehead atoms. The van der Waals surface area contributed by atoms with Crippen LogP contribution in [0.15, 0.2) is 17.2 Å². The predicted molar refractivity (Wildman–Crippen MR) is 83.4 cm³/mol. The molecule has 1 saturated heterocycles. The Hall–Kier alpha value is -0.440. The van der Waals surface area contributed by atoms with E-state index in [2.05, 4.69) is 26.6 Å². The molecule has 2 rings (SSSR count). The quantitative estimate of drug-likeness (QED) is 0.798. The van der Waals surface area contributed by atoms with Gasteiger partial charge in [0.15, 0.2) is 0 Å². The number of likely N-dealkylation sites (N-methyl/N-ethyl adjacent to an activating group) is 1. The molecule has 6 nitrogen and oxygen atoms in total. The number of hydrogen-bond donors (Lipinski definition) is 1. The molecular weight excluding hydrogens is 335 g/mol. The average molecular weight is 353 g/mol. The minimum Gasteiger partial charge on any atom is -0.304 e. The van der Waals surface area contributed by atoms with E-state index in [1.165, 1.54) is 12.3 Å². The van der Waals surface area contributed by atoms with Gasteiger partial charge in [-0.05, 0) is 13.1 Å². The van der Waals surface area contributed by atoms with Crippen LogP contribution in [0.25, 0.3) is 0 Å². The molecule has 0 radical (unpaired) electrons. The number of rotatable bonds is 5. The Morgan fingerprint density at radius 3 is 2.57 bits per heavy atom. The van der Waals surface area contributed by atoms with Crippen LogP contribution >= 0.6 is 23.2 Å². The van der Waals surface area contributed by atoms with Crippen molar-refractivity contribution < 1.29 is 8.42 Å². The number of pyridine rings is 1. The highest BCUT2D eigenvalue weighted by molar-refractivity contribution is 7.89. The van der Waals surface area contributed by atoms with Crippen molar-refractivity contribution in [2.75, 3.05) is 46.3 Å². The number of halogens is 2. The maximum atomic E-state index is 12.1. The monoisotopic (exact) mass is 352 g/mol. The minimum absolute atomic E-state index is 0.0234. The van der Waals surface area contributed by atoms with Crippen LogP contribution in [0.1, 0.15) is 0 Å². The summed E-state index contributed by atoms with van der Waals surface area (Å²) >= 11 is 11.5. The second-order valence-corrected chi connectivity index (χ2v) is 7.52. The third kappa shape index (κ3) is 4.77. The summed E-state index contributed by atoms with van der Waals surface area (Å²) in [4.78, 5) is 8.26. The second-order valence-electron chi connectivity index (χ2n) is 4.99. The van der Waals surface area contributed by atoms with Crippen molar-refractivity contribution in [2.45, 2.75) is 4.90 Å². The molecule has 0 spiro atoms. The largest absolute Gasteiger partial charge is 0.304 e. The fourth-order valence-corrected chi connectivity index (χ4v) is 3.37. The Kier molecular flexibility index (Phi) is 5.81. The molecule has 118 valence electrons. The lowest BCUT2D eigenvalue weighted by Crippen LogP contribution is -2.46. The number of aromatic nitrogens is 1. The topological polar surface area (TPSA) is 65.5 Å². The Labute approximate surface area is 135 Å². The van der Waals surface area contributed by atoms with E-state index in [1.54, 1.807) is 0 Å². The summed E-state index contributed by atoms with van der Waals surface area (Å²) in [5.41, 5.74) is 0. The normalized spacial score (nSPS) is 18.0. The van der Waals surface area contributed by atoms with Gasteiger partial charge < -0.3 is 4.90 Å². The number of hydrogen-bond acceptors (Lipinski definition) is 5. The van der Waals surface area contributed by atoms with Crippen LogP contribution in [0, 0.1) is 0 Å². The van der Waals surface area contributed by atoms with E-state index in [0.717, 1.165) is 26.2 Å². The van der Waals surface area contributed by atoms with Gasteiger partial charge in [-0.25, -0.2) is 18.1 Å². The zero-order valence-electron chi connectivity index (χ0n) is 11.7. The SMILES string of the molecule is CN1CCN(CCNS(=O)(=O)c2cnc(Cl)c(Cl)c2)CC1. The van der Waals surface area contributed by atoms with E-state index < -0.39 is 10.0 Å². The van der Waals surface area contributed by atoms with Crippen molar-refractivity contribution in [1.82, 2.24) is 19.5 Å². The smallest absolute Gasteiger partial charge is 0.242 e. The molecule has 0 aromatic carbocycles. The standard InChI is InChI=1S/C12H18Cl2N4O2S/c1-17-4-6-18(7-5-17)3-2-16-21(19,20)10-8-11(13)12(14)15-9-10/h8-9,16H,2-7H2,1H3. The molecular formula is C12H18Cl2N4O2S. The van der Waals surface area contributed by atoms with E-state index in [1.807, 2.05) is 0 Å². The average Bonchev–Trinajstić information content (AvgIpc) is 2.44. The second kappa shape index (κ2) is 7.21. The van der Waals surface area contributed by atoms with E-state index in [-0.39, 0.29) is 15.1 Å². The first kappa shape index (κ1) is 16.9. The summed E-state index contributed by atoms with van der Waals surface area (Å²) < 4.78 is 26.8. The summed E-state index contributed by atoms with van der Waals surface area (Å²) in [5, 5.41) is 0.215. The van der Waals surface area contributed by atoms with Crippen LogP contribution in [-0.2, 0) is 10.0 Å². The molecule has 0 atom stereocenters. The third-order valence-electron chi connectivity index (χ3n) is 3.40. The first-order valence-corrected chi connectivity index (χ1v) is 8.84. The highest BCUT2D eigenvalue weighted by Gasteiger charge is 2.18. The van der Waals surface area contributed by atoms with Crippen LogP contribution in [0.4, 0.5) is 0 Å². The van der Waals surface area contributed by atoms with Gasteiger partial charge in [0.2, 0.25) is 10.0 Å². The number of nitrogens with zero attached hydrogens (tertiary/aromatic N) is 3. The lowest BCUT2D eigenvalue weighted by Gasteiger charge is -2.32. The molecule has 9 heteroatoms.